The van der Waals surface area contributed by atoms with E-state index in [9.17, 15) is 15.0 Å². The number of allylic oxidation sites excluding steroid dienone is 2. The third-order valence-electron chi connectivity index (χ3n) is 13.4. The number of esters is 1. The third-order valence-corrected chi connectivity index (χ3v) is 13.4. The van der Waals surface area contributed by atoms with Crippen LogP contribution in [-0.4, -0.2) is 64.2 Å². The highest BCUT2D eigenvalue weighted by Crippen LogP contribution is 2.55. The van der Waals surface area contributed by atoms with Gasteiger partial charge in [0.15, 0.2) is 5.79 Å². The maximum absolute atomic E-state index is 12.5. The number of nitrogens with zero attached hydrogens (tertiary/aromatic N) is 1. The first-order chi connectivity index (χ1) is 22.1. The molecule has 0 aromatic carbocycles. The van der Waals surface area contributed by atoms with Crippen molar-refractivity contribution in [2.75, 3.05) is 6.54 Å². The zero-order valence-electron chi connectivity index (χ0n) is 30.1. The molecule has 262 valence electrons. The maximum Gasteiger partial charge on any atom is 0.309 e. The van der Waals surface area contributed by atoms with Crippen LogP contribution < -0.4 is 0 Å². The molecule has 7 heteroatoms. The molecular formula is C40H61NO6. The second-order valence-electron chi connectivity index (χ2n) is 17.0. The molecule has 6 rings (SSSR count). The fourth-order valence-corrected chi connectivity index (χ4v) is 9.93. The molecule has 5 heterocycles. The summed E-state index contributed by atoms with van der Waals surface area (Å²) in [6.07, 6.45) is 10.9. The first kappa shape index (κ1) is 35.0. The van der Waals surface area contributed by atoms with E-state index in [0.717, 1.165) is 69.9 Å². The summed E-state index contributed by atoms with van der Waals surface area (Å²) in [5, 5.41) is 23.4. The topological polar surface area (TPSA) is 97.6 Å². The smallest absolute Gasteiger partial charge is 0.309 e. The molecule has 12 atom stereocenters. The first-order valence-electron chi connectivity index (χ1n) is 18.7. The average Bonchev–Trinajstić information content (AvgIpc) is 3.47. The van der Waals surface area contributed by atoms with Crippen LogP contribution in [0.4, 0.5) is 0 Å². The van der Waals surface area contributed by atoms with E-state index in [0.29, 0.717) is 31.1 Å². The molecule has 6 aliphatic rings. The quantitative estimate of drug-likeness (QED) is 0.223. The van der Waals surface area contributed by atoms with Gasteiger partial charge in [-0.25, -0.2) is 0 Å². The predicted molar refractivity (Wildman–Crippen MR) is 185 cm³/mol. The molecule has 0 amide bonds. The fourth-order valence-electron chi connectivity index (χ4n) is 9.93. The molecule has 2 N–H and O–H groups in total. The van der Waals surface area contributed by atoms with Gasteiger partial charge in [-0.05, 0) is 107 Å². The van der Waals surface area contributed by atoms with Gasteiger partial charge in [-0.15, -0.1) is 0 Å². The number of aliphatic hydroxyl groups is 2. The second kappa shape index (κ2) is 13.2. The predicted octanol–water partition coefficient (Wildman–Crippen LogP) is 7.65. The molecule has 0 saturated carbocycles. The van der Waals surface area contributed by atoms with Crippen molar-refractivity contribution in [3.8, 4) is 0 Å². The third kappa shape index (κ3) is 6.48. The average molecular weight is 652 g/mol. The number of fused-ring (bicyclic) bond motifs is 2. The zero-order chi connectivity index (χ0) is 33.9. The Kier molecular flexibility index (Phi) is 9.80. The Morgan fingerprint density at radius 1 is 0.979 bits per heavy atom. The summed E-state index contributed by atoms with van der Waals surface area (Å²) in [4.78, 5) is 18.0. The van der Waals surface area contributed by atoms with Crippen LogP contribution in [0.5, 0.6) is 0 Å². The van der Waals surface area contributed by atoms with Crippen LogP contribution in [0, 0.1) is 35.0 Å². The largest absolute Gasteiger partial charge is 0.458 e. The van der Waals surface area contributed by atoms with E-state index in [1.54, 1.807) is 0 Å². The van der Waals surface area contributed by atoms with Gasteiger partial charge in [-0.3, -0.25) is 9.79 Å². The Bertz CT molecular complexity index is 1330. The van der Waals surface area contributed by atoms with E-state index in [1.807, 2.05) is 13.8 Å². The minimum absolute atomic E-state index is 0.0412. The summed E-state index contributed by atoms with van der Waals surface area (Å²) in [7, 11) is 0. The van der Waals surface area contributed by atoms with Crippen molar-refractivity contribution < 1.29 is 29.2 Å². The van der Waals surface area contributed by atoms with E-state index in [-0.39, 0.29) is 47.4 Å². The number of cyclic esters (lactones) is 1. The van der Waals surface area contributed by atoms with Crippen LogP contribution in [0.1, 0.15) is 126 Å². The van der Waals surface area contributed by atoms with E-state index >= 15 is 0 Å². The summed E-state index contributed by atoms with van der Waals surface area (Å²) >= 11 is 0. The molecule has 5 aliphatic heterocycles. The van der Waals surface area contributed by atoms with Crippen molar-refractivity contribution in [3.63, 3.8) is 0 Å². The van der Waals surface area contributed by atoms with Gasteiger partial charge in [-0.2, -0.15) is 0 Å². The summed E-state index contributed by atoms with van der Waals surface area (Å²) < 4.78 is 19.4. The van der Waals surface area contributed by atoms with Gasteiger partial charge >= 0.3 is 5.97 Å². The van der Waals surface area contributed by atoms with Crippen LogP contribution in [-0.2, 0) is 19.0 Å². The Morgan fingerprint density at radius 3 is 2.47 bits per heavy atom. The standard InChI is InChI=1S/C40H61NO6/c1-23-10-9-11-36-39(20-26(4)28(6)22-41-36)15-13-31(35-18-25(3)37(43)45-35)29(7)32(39)17-24(2)33(42)19-34-27(5)21-40(47-34)38(8,44)14-12-30(16-23)46-40/h17,25-28,30,32-35,42,44H,1,9-16,18-22H2,2-8H3. The zero-order valence-corrected chi connectivity index (χ0v) is 30.1. The number of carbonyl (C=O) groups excluding carboxylic acids is 1. The molecule has 1 aliphatic carbocycles. The summed E-state index contributed by atoms with van der Waals surface area (Å²) in [6.45, 7) is 20.4. The van der Waals surface area contributed by atoms with Crippen molar-refractivity contribution in [2.45, 2.75) is 161 Å². The number of rotatable bonds is 1. The molecule has 3 fully saturated rings. The lowest BCUT2D eigenvalue weighted by molar-refractivity contribution is -0.345. The van der Waals surface area contributed by atoms with Crippen molar-refractivity contribution >= 4 is 11.7 Å². The highest BCUT2D eigenvalue weighted by molar-refractivity contribution is 5.92. The lowest BCUT2D eigenvalue weighted by Crippen LogP contribution is -2.59. The Balaban J connectivity index is 1.42. The van der Waals surface area contributed by atoms with Gasteiger partial charge in [0.1, 0.15) is 11.7 Å². The van der Waals surface area contributed by atoms with Crippen molar-refractivity contribution in [3.05, 3.63) is 34.9 Å². The fraction of sp³-hybridized carbons (Fsp3) is 0.800. The molecule has 0 radical (unpaired) electrons. The second-order valence-corrected chi connectivity index (χ2v) is 17.0. The normalized spacial score (nSPS) is 46.9. The van der Waals surface area contributed by atoms with Gasteiger partial charge in [0, 0.05) is 42.9 Å². The monoisotopic (exact) mass is 651 g/mol. The SMILES string of the molecule is C=C1CCCC2=NCC(C)C(C)CC23CCC(C2CC(C)C(=O)O2)=C(C)C3C=C(C)C(O)CC2OC3(CC2C)OC(CCC3(C)O)C1. The van der Waals surface area contributed by atoms with E-state index in [2.05, 4.69) is 47.3 Å². The Labute approximate surface area is 283 Å². The molecule has 12 unspecified atom stereocenters. The summed E-state index contributed by atoms with van der Waals surface area (Å²) in [6, 6.07) is 0. The minimum atomic E-state index is -1.10. The molecule has 0 aromatic heterocycles. The Hall–Kier alpha value is -1.80. The number of hydrogen-bond donors (Lipinski definition) is 2. The lowest BCUT2D eigenvalue weighted by atomic mass is 9.56. The molecule has 47 heavy (non-hydrogen) atoms. The van der Waals surface area contributed by atoms with Gasteiger partial charge in [0.2, 0.25) is 0 Å². The van der Waals surface area contributed by atoms with Crippen molar-refractivity contribution in [2.24, 2.45) is 40.0 Å². The molecule has 2 spiro atoms. The molecule has 7 nitrogen and oxygen atoms in total. The van der Waals surface area contributed by atoms with Crippen LogP contribution >= 0.6 is 0 Å². The van der Waals surface area contributed by atoms with Crippen molar-refractivity contribution in [1.29, 1.82) is 0 Å². The minimum Gasteiger partial charge on any atom is -0.458 e. The molecule has 3 saturated heterocycles. The number of ether oxygens (including phenoxy) is 3. The Morgan fingerprint density at radius 2 is 1.74 bits per heavy atom. The van der Waals surface area contributed by atoms with Gasteiger partial charge in [0.05, 0.1) is 24.2 Å². The number of carbonyl (C=O) groups is 1. The molecule has 0 aromatic rings. The number of aliphatic hydroxyl groups excluding tert-OH is 1. The van der Waals surface area contributed by atoms with Crippen LogP contribution in [0.2, 0.25) is 0 Å². The van der Waals surface area contributed by atoms with Crippen LogP contribution in [0.3, 0.4) is 0 Å². The number of hydrogen-bond acceptors (Lipinski definition) is 7. The van der Waals surface area contributed by atoms with Gasteiger partial charge < -0.3 is 24.4 Å². The van der Waals surface area contributed by atoms with Crippen LogP contribution in [0.15, 0.2) is 39.9 Å². The number of aliphatic imine (C=N–C) groups is 1. The first-order valence-corrected chi connectivity index (χ1v) is 18.7. The lowest BCUT2D eigenvalue weighted by Gasteiger charge is -2.48. The van der Waals surface area contributed by atoms with Gasteiger partial charge in [-0.1, -0.05) is 51.5 Å². The summed E-state index contributed by atoms with van der Waals surface area (Å²) in [5.41, 5.74) is 4.76. The molecule has 3 bridgehead atoms. The van der Waals surface area contributed by atoms with Crippen LogP contribution in [0.25, 0.3) is 0 Å². The van der Waals surface area contributed by atoms with E-state index < -0.39 is 17.5 Å². The molecular weight excluding hydrogens is 590 g/mol. The highest BCUT2D eigenvalue weighted by Gasteiger charge is 2.60. The summed E-state index contributed by atoms with van der Waals surface area (Å²) in [5.74, 6) is -0.0644. The van der Waals surface area contributed by atoms with Crippen molar-refractivity contribution in [1.82, 2.24) is 0 Å². The van der Waals surface area contributed by atoms with E-state index in [4.69, 9.17) is 19.2 Å². The highest BCUT2D eigenvalue weighted by atomic mass is 16.7. The van der Waals surface area contributed by atoms with Gasteiger partial charge in [0.25, 0.3) is 0 Å². The van der Waals surface area contributed by atoms with E-state index in [1.165, 1.54) is 22.4 Å². The maximum atomic E-state index is 12.5.